The Hall–Kier alpha value is -1.87. The lowest BCUT2D eigenvalue weighted by molar-refractivity contribution is -0.111. The van der Waals surface area contributed by atoms with Crippen LogP contribution in [0.25, 0.3) is 0 Å². The van der Waals surface area contributed by atoms with Crippen molar-refractivity contribution >= 4 is 22.2 Å². The van der Waals surface area contributed by atoms with Crippen molar-refractivity contribution in [1.29, 1.82) is 0 Å². The van der Waals surface area contributed by atoms with Crippen LogP contribution >= 0.6 is 15.9 Å². The maximum Gasteiger partial charge on any atom is 0.135 e. The number of hydrogen-bond acceptors (Lipinski definition) is 2. The van der Waals surface area contributed by atoms with Crippen LogP contribution in [0.5, 0.6) is 5.75 Å². The predicted molar refractivity (Wildman–Crippen MR) is 98.2 cm³/mol. The largest absolute Gasteiger partial charge is 0.497 e. The molecule has 0 fully saturated rings. The van der Waals surface area contributed by atoms with Crippen LogP contribution < -0.4 is 4.74 Å². The Labute approximate surface area is 146 Å². The molecule has 2 nitrogen and oxygen atoms in total. The molecule has 0 bridgehead atoms. The summed E-state index contributed by atoms with van der Waals surface area (Å²) < 4.78 is 5.89. The van der Waals surface area contributed by atoms with E-state index in [2.05, 4.69) is 34.6 Å². The summed E-state index contributed by atoms with van der Waals surface area (Å²) in [5, 5.41) is 0. The molecule has 23 heavy (non-hydrogen) atoms. The topological polar surface area (TPSA) is 26.3 Å². The number of ether oxygens (including phenoxy) is 1. The van der Waals surface area contributed by atoms with Gasteiger partial charge in [0, 0.05) is 4.48 Å². The Morgan fingerprint density at radius 1 is 1.17 bits per heavy atom. The molecule has 0 aliphatic carbocycles. The molecule has 1 atom stereocenters. The van der Waals surface area contributed by atoms with Gasteiger partial charge in [-0.25, -0.2) is 0 Å². The number of carbonyl (C=O) groups is 1. The third kappa shape index (κ3) is 4.11. The molecule has 2 aromatic carbocycles. The van der Waals surface area contributed by atoms with Crippen molar-refractivity contribution < 1.29 is 9.53 Å². The van der Waals surface area contributed by atoms with Gasteiger partial charge in [0.05, 0.1) is 12.5 Å². The minimum absolute atomic E-state index is 0.693. The van der Waals surface area contributed by atoms with Crippen molar-refractivity contribution in [3.8, 4) is 5.75 Å². The fourth-order valence-corrected chi connectivity index (χ4v) is 3.25. The second-order valence-corrected chi connectivity index (χ2v) is 6.52. The van der Waals surface area contributed by atoms with E-state index in [0.29, 0.717) is 10.9 Å². The van der Waals surface area contributed by atoms with Crippen LogP contribution in [0.15, 0.2) is 65.7 Å². The smallest absolute Gasteiger partial charge is 0.135 e. The minimum Gasteiger partial charge on any atom is -0.497 e. The van der Waals surface area contributed by atoms with Crippen molar-refractivity contribution in [3.63, 3.8) is 0 Å². The number of aryl methyl sites for hydroxylation is 1. The van der Waals surface area contributed by atoms with Gasteiger partial charge in [0.1, 0.15) is 12.0 Å². The highest BCUT2D eigenvalue weighted by molar-refractivity contribution is 9.11. The van der Waals surface area contributed by atoms with Gasteiger partial charge >= 0.3 is 0 Å². The highest BCUT2D eigenvalue weighted by atomic mass is 79.9. The zero-order valence-electron chi connectivity index (χ0n) is 13.3. The molecule has 0 unspecified atom stereocenters. The maximum atomic E-state index is 11.9. The Kier molecular flexibility index (Phi) is 6.17. The third-order valence-electron chi connectivity index (χ3n) is 4.17. The highest BCUT2D eigenvalue weighted by Crippen LogP contribution is 2.38. The molecule has 0 aromatic heterocycles. The summed E-state index contributed by atoms with van der Waals surface area (Å²) in [6, 6.07) is 17.9. The first kappa shape index (κ1) is 17.5. The zero-order valence-corrected chi connectivity index (χ0v) is 14.9. The molecule has 0 saturated heterocycles. The Bertz CT molecular complexity index is 649. The summed E-state index contributed by atoms with van der Waals surface area (Å²) >= 11 is 3.46. The van der Waals surface area contributed by atoms with Crippen LogP contribution in [0.1, 0.15) is 24.0 Å². The van der Waals surface area contributed by atoms with E-state index in [1.54, 1.807) is 7.11 Å². The predicted octanol–water partition coefficient (Wildman–Crippen LogP) is 5.06. The molecule has 0 N–H and O–H groups in total. The zero-order chi connectivity index (χ0) is 16.7. The molecule has 0 amide bonds. The molecule has 2 aromatic rings. The number of methoxy groups -OCH3 is 1. The summed E-state index contributed by atoms with van der Waals surface area (Å²) in [6.45, 7) is 4.00. The lowest BCUT2D eigenvalue weighted by atomic mass is 9.77. The highest BCUT2D eigenvalue weighted by Gasteiger charge is 2.33. The van der Waals surface area contributed by atoms with Gasteiger partial charge in [0.2, 0.25) is 0 Å². The second kappa shape index (κ2) is 8.11. The quantitative estimate of drug-likeness (QED) is 0.605. The van der Waals surface area contributed by atoms with Gasteiger partial charge in [-0.3, -0.25) is 0 Å². The van der Waals surface area contributed by atoms with Crippen LogP contribution in [0.3, 0.4) is 0 Å². The average molecular weight is 373 g/mol. The van der Waals surface area contributed by atoms with Gasteiger partial charge in [0.15, 0.2) is 0 Å². The summed E-state index contributed by atoms with van der Waals surface area (Å²) in [7, 11) is 1.63. The van der Waals surface area contributed by atoms with Crippen molar-refractivity contribution in [2.24, 2.45) is 0 Å². The molecule has 0 spiro atoms. The molecule has 0 saturated carbocycles. The molecule has 3 heteroatoms. The fraction of sp³-hybridized carbons (Fsp3) is 0.250. The van der Waals surface area contributed by atoms with Crippen molar-refractivity contribution in [3.05, 3.63) is 76.8 Å². The summed E-state index contributed by atoms with van der Waals surface area (Å²) in [4.78, 5) is 11.9. The fourth-order valence-electron chi connectivity index (χ4n) is 2.73. The first-order chi connectivity index (χ1) is 11.1. The summed E-state index contributed by atoms with van der Waals surface area (Å²) in [5.74, 6) is 0.776. The van der Waals surface area contributed by atoms with E-state index < -0.39 is 5.41 Å². The van der Waals surface area contributed by atoms with E-state index in [-0.39, 0.29) is 0 Å². The normalized spacial score (nSPS) is 13.1. The Morgan fingerprint density at radius 2 is 1.83 bits per heavy atom. The minimum atomic E-state index is -0.707. The molecule has 2 rings (SSSR count). The molecule has 0 heterocycles. The molecular weight excluding hydrogens is 352 g/mol. The van der Waals surface area contributed by atoms with Gasteiger partial charge in [-0.15, -0.1) is 0 Å². The van der Waals surface area contributed by atoms with Crippen molar-refractivity contribution in [2.75, 3.05) is 7.11 Å². The maximum absolute atomic E-state index is 11.9. The van der Waals surface area contributed by atoms with Crippen LogP contribution in [-0.2, 0) is 16.6 Å². The molecule has 0 aliphatic heterocycles. The van der Waals surface area contributed by atoms with E-state index in [1.165, 1.54) is 5.56 Å². The van der Waals surface area contributed by atoms with E-state index in [1.807, 2.05) is 42.5 Å². The van der Waals surface area contributed by atoms with Gasteiger partial charge in [0.25, 0.3) is 0 Å². The third-order valence-corrected chi connectivity index (χ3v) is 4.88. The number of halogens is 1. The summed E-state index contributed by atoms with van der Waals surface area (Å²) in [5.41, 5.74) is 1.51. The standard InChI is InChI=1S/C20H21BrO2/c1-16(21)20(15-22,18-10-12-19(23-2)13-11-18)14-6-9-17-7-4-3-5-8-17/h3-5,7-8,10-13,15H,1,6,9,14H2,2H3/t20-/m1/s1. The van der Waals surface area contributed by atoms with Gasteiger partial charge in [-0.05, 0) is 42.5 Å². The van der Waals surface area contributed by atoms with Crippen LogP contribution in [0.4, 0.5) is 0 Å². The monoisotopic (exact) mass is 372 g/mol. The Morgan fingerprint density at radius 3 is 2.35 bits per heavy atom. The number of allylic oxidation sites excluding steroid dienone is 1. The van der Waals surface area contributed by atoms with Crippen LogP contribution in [0.2, 0.25) is 0 Å². The lowest BCUT2D eigenvalue weighted by Crippen LogP contribution is -2.28. The van der Waals surface area contributed by atoms with Crippen molar-refractivity contribution in [2.45, 2.75) is 24.7 Å². The van der Waals surface area contributed by atoms with E-state index in [0.717, 1.165) is 30.4 Å². The molecular formula is C20H21BrO2. The van der Waals surface area contributed by atoms with E-state index >= 15 is 0 Å². The molecule has 0 radical (unpaired) electrons. The van der Waals surface area contributed by atoms with Crippen molar-refractivity contribution in [1.82, 2.24) is 0 Å². The van der Waals surface area contributed by atoms with E-state index in [4.69, 9.17) is 4.74 Å². The number of aldehydes is 1. The first-order valence-corrected chi connectivity index (χ1v) is 8.41. The Balaban J connectivity index is 2.17. The van der Waals surface area contributed by atoms with Crippen LogP contribution in [0, 0.1) is 0 Å². The van der Waals surface area contributed by atoms with E-state index in [9.17, 15) is 4.79 Å². The first-order valence-electron chi connectivity index (χ1n) is 7.62. The average Bonchev–Trinajstić information content (AvgIpc) is 2.60. The second-order valence-electron chi connectivity index (χ2n) is 5.56. The number of hydrogen-bond donors (Lipinski definition) is 0. The summed E-state index contributed by atoms with van der Waals surface area (Å²) in [6.07, 6.45) is 3.55. The van der Waals surface area contributed by atoms with Crippen LogP contribution in [-0.4, -0.2) is 13.4 Å². The molecule has 120 valence electrons. The number of benzene rings is 2. The SMILES string of the molecule is C=C(Br)[C@](C=O)(CCCc1ccccc1)c1ccc(OC)cc1. The number of carbonyl (C=O) groups excluding carboxylic acids is 1. The molecule has 0 aliphatic rings. The van der Waals surface area contributed by atoms with Gasteiger partial charge in [-0.2, -0.15) is 0 Å². The number of rotatable bonds is 8. The lowest BCUT2D eigenvalue weighted by Gasteiger charge is -2.28. The van der Waals surface area contributed by atoms with Gasteiger partial charge < -0.3 is 9.53 Å². The van der Waals surface area contributed by atoms with Gasteiger partial charge in [-0.1, -0.05) is 65.0 Å².